The number of hydrogen-bond acceptors (Lipinski definition) is 3. The summed E-state index contributed by atoms with van der Waals surface area (Å²) in [5.74, 6) is -0.266. The van der Waals surface area contributed by atoms with Crippen molar-refractivity contribution in [1.82, 2.24) is 0 Å². The maximum Gasteiger partial charge on any atom is 0.256 e. The first-order valence-corrected chi connectivity index (χ1v) is 8.10. The molecule has 1 aliphatic heterocycles. The molecular weight excluding hydrogens is 338 g/mol. The van der Waals surface area contributed by atoms with Crippen molar-refractivity contribution in [3.8, 4) is 0 Å². The van der Waals surface area contributed by atoms with Crippen LogP contribution in [0, 0.1) is 6.92 Å². The van der Waals surface area contributed by atoms with Crippen LogP contribution < -0.4 is 16.0 Å². The van der Waals surface area contributed by atoms with Crippen molar-refractivity contribution in [3.05, 3.63) is 53.1 Å². The summed E-state index contributed by atoms with van der Waals surface area (Å²) in [6.07, 6.45) is 1.92. The van der Waals surface area contributed by atoms with Crippen molar-refractivity contribution in [2.75, 3.05) is 22.5 Å². The number of fused-ring (bicyclic) bond motifs is 1. The summed E-state index contributed by atoms with van der Waals surface area (Å²) >= 11 is 0. The third-order valence-corrected chi connectivity index (χ3v) is 4.15. The van der Waals surface area contributed by atoms with Gasteiger partial charge in [0.05, 0.1) is 0 Å². The normalized spacial score (nSPS) is 12.2. The second-order valence-corrected chi connectivity index (χ2v) is 6.03. The Bertz CT molecular complexity index is 805. The third-order valence-electron chi connectivity index (χ3n) is 4.15. The second-order valence-electron chi connectivity index (χ2n) is 6.03. The fourth-order valence-electron chi connectivity index (χ4n) is 2.95. The van der Waals surface area contributed by atoms with Crippen molar-refractivity contribution in [1.29, 1.82) is 0 Å². The average Bonchev–Trinajstić information content (AvgIpc) is 2.57. The monoisotopic (exact) mass is 359 g/mol. The Kier molecular flexibility index (Phi) is 6.04. The van der Waals surface area contributed by atoms with Gasteiger partial charge in [-0.15, -0.1) is 12.4 Å². The summed E-state index contributed by atoms with van der Waals surface area (Å²) in [4.78, 5) is 24.0. The lowest BCUT2D eigenvalue weighted by molar-refractivity contribution is -0.114. The molecule has 0 fully saturated rings. The molecule has 3 rings (SSSR count). The summed E-state index contributed by atoms with van der Waals surface area (Å²) in [7, 11) is 0. The van der Waals surface area contributed by atoms with Crippen LogP contribution in [0.25, 0.3) is 0 Å². The molecule has 25 heavy (non-hydrogen) atoms. The minimum atomic E-state index is -0.140. The van der Waals surface area contributed by atoms with Crippen LogP contribution in [-0.4, -0.2) is 18.4 Å². The number of rotatable bonds is 3. The first-order valence-electron chi connectivity index (χ1n) is 8.10. The first-order chi connectivity index (χ1) is 11.5. The maximum atomic E-state index is 12.7. The standard InChI is InChI=1S/C19H21N3O2.ClH/c1-12-8-9-14(21-13(2)23)11-18(12)22-19(24)16-5-3-7-17-15(16)6-4-10-20-17;/h3,5,7-9,11,20H,4,6,10H2,1-2H3,(H,21,23)(H,22,24);1H. The molecule has 0 radical (unpaired) electrons. The van der Waals surface area contributed by atoms with Gasteiger partial charge in [0.2, 0.25) is 5.91 Å². The highest BCUT2D eigenvalue weighted by Gasteiger charge is 2.18. The number of carbonyl (C=O) groups is 2. The second kappa shape index (κ2) is 8.03. The molecule has 0 unspecified atom stereocenters. The van der Waals surface area contributed by atoms with Gasteiger partial charge in [-0.25, -0.2) is 0 Å². The predicted octanol–water partition coefficient (Wildman–Crippen LogP) is 3.99. The van der Waals surface area contributed by atoms with Gasteiger partial charge in [-0.1, -0.05) is 12.1 Å². The minimum Gasteiger partial charge on any atom is -0.385 e. The van der Waals surface area contributed by atoms with Gasteiger partial charge in [0, 0.05) is 36.1 Å². The highest BCUT2D eigenvalue weighted by molar-refractivity contribution is 6.07. The maximum absolute atomic E-state index is 12.7. The fourth-order valence-corrected chi connectivity index (χ4v) is 2.95. The van der Waals surface area contributed by atoms with Crippen LogP contribution in [0.15, 0.2) is 36.4 Å². The van der Waals surface area contributed by atoms with Crippen LogP contribution in [0.4, 0.5) is 17.1 Å². The largest absolute Gasteiger partial charge is 0.385 e. The van der Waals surface area contributed by atoms with Crippen molar-refractivity contribution in [3.63, 3.8) is 0 Å². The number of hydrogen-bond donors (Lipinski definition) is 3. The highest BCUT2D eigenvalue weighted by Crippen LogP contribution is 2.27. The van der Waals surface area contributed by atoms with E-state index in [0.29, 0.717) is 16.9 Å². The Labute approximate surface area is 153 Å². The quantitative estimate of drug-likeness (QED) is 0.776. The van der Waals surface area contributed by atoms with E-state index in [1.807, 2.05) is 37.3 Å². The average molecular weight is 360 g/mol. The molecule has 0 aromatic heterocycles. The Morgan fingerprint density at radius 2 is 1.92 bits per heavy atom. The number of halogens is 1. The Morgan fingerprint density at radius 1 is 1.12 bits per heavy atom. The van der Waals surface area contributed by atoms with Crippen molar-refractivity contribution < 1.29 is 9.59 Å². The molecule has 0 aliphatic carbocycles. The number of carbonyl (C=O) groups excluding carboxylic acids is 2. The van der Waals surface area contributed by atoms with E-state index in [2.05, 4.69) is 16.0 Å². The fraction of sp³-hybridized carbons (Fsp3) is 0.263. The van der Waals surface area contributed by atoms with Crippen LogP contribution >= 0.6 is 12.4 Å². The molecule has 2 aromatic carbocycles. The third kappa shape index (κ3) is 4.31. The number of aryl methyl sites for hydroxylation is 1. The molecular formula is C19H22ClN3O2. The van der Waals surface area contributed by atoms with Crippen LogP contribution in [0.2, 0.25) is 0 Å². The van der Waals surface area contributed by atoms with Crippen LogP contribution in [0.3, 0.4) is 0 Å². The summed E-state index contributed by atoms with van der Waals surface area (Å²) < 4.78 is 0. The Hall–Kier alpha value is -2.53. The van der Waals surface area contributed by atoms with Crippen LogP contribution in [0.1, 0.15) is 34.8 Å². The van der Waals surface area contributed by atoms with Gasteiger partial charge in [-0.05, 0) is 55.2 Å². The first kappa shape index (κ1) is 18.8. The van der Waals surface area contributed by atoms with Gasteiger partial charge in [0.15, 0.2) is 0 Å². The van der Waals surface area contributed by atoms with E-state index in [1.54, 1.807) is 6.07 Å². The zero-order valence-electron chi connectivity index (χ0n) is 14.3. The number of benzene rings is 2. The molecule has 3 N–H and O–H groups in total. The summed E-state index contributed by atoms with van der Waals surface area (Å²) in [5, 5.41) is 9.04. The lowest BCUT2D eigenvalue weighted by Gasteiger charge is -2.21. The Morgan fingerprint density at radius 3 is 2.68 bits per heavy atom. The summed E-state index contributed by atoms with van der Waals surface area (Å²) in [6, 6.07) is 11.2. The van der Waals surface area contributed by atoms with Gasteiger partial charge in [-0.3, -0.25) is 9.59 Å². The molecule has 5 nitrogen and oxygen atoms in total. The van der Waals surface area contributed by atoms with Gasteiger partial charge >= 0.3 is 0 Å². The van der Waals surface area contributed by atoms with E-state index in [4.69, 9.17) is 0 Å². The zero-order chi connectivity index (χ0) is 17.1. The topological polar surface area (TPSA) is 70.2 Å². The van der Waals surface area contributed by atoms with E-state index >= 15 is 0 Å². The van der Waals surface area contributed by atoms with Crippen molar-refractivity contribution in [2.24, 2.45) is 0 Å². The van der Waals surface area contributed by atoms with Gasteiger partial charge in [-0.2, -0.15) is 0 Å². The van der Waals surface area contributed by atoms with Gasteiger partial charge in [0.1, 0.15) is 0 Å². The van der Waals surface area contributed by atoms with Gasteiger partial charge < -0.3 is 16.0 Å². The van der Waals surface area contributed by atoms with Crippen molar-refractivity contribution in [2.45, 2.75) is 26.7 Å². The van der Waals surface area contributed by atoms with Crippen LogP contribution in [0.5, 0.6) is 0 Å². The van der Waals surface area contributed by atoms with E-state index in [9.17, 15) is 9.59 Å². The van der Waals surface area contributed by atoms with E-state index < -0.39 is 0 Å². The molecule has 0 bridgehead atoms. The van der Waals surface area contributed by atoms with E-state index in [0.717, 1.165) is 36.2 Å². The summed E-state index contributed by atoms with van der Waals surface area (Å²) in [5.41, 5.74) is 5.12. The predicted molar refractivity (Wildman–Crippen MR) is 104 cm³/mol. The molecule has 132 valence electrons. The highest BCUT2D eigenvalue weighted by atomic mass is 35.5. The van der Waals surface area contributed by atoms with E-state index in [1.165, 1.54) is 6.92 Å². The number of amides is 2. The number of anilines is 3. The molecule has 0 atom stereocenters. The van der Waals surface area contributed by atoms with E-state index in [-0.39, 0.29) is 24.2 Å². The molecule has 0 spiro atoms. The molecule has 6 heteroatoms. The lowest BCUT2D eigenvalue weighted by Crippen LogP contribution is -2.19. The van der Waals surface area contributed by atoms with Crippen molar-refractivity contribution >= 4 is 41.3 Å². The van der Waals surface area contributed by atoms with Gasteiger partial charge in [0.25, 0.3) is 5.91 Å². The summed E-state index contributed by atoms with van der Waals surface area (Å²) in [6.45, 7) is 4.33. The zero-order valence-corrected chi connectivity index (χ0v) is 15.1. The lowest BCUT2D eigenvalue weighted by atomic mass is 9.97. The molecule has 1 aliphatic rings. The molecule has 0 saturated carbocycles. The number of nitrogens with one attached hydrogen (secondary N) is 3. The smallest absolute Gasteiger partial charge is 0.256 e. The SMILES string of the molecule is CC(=O)Nc1ccc(C)c(NC(=O)c2cccc3c2CCCN3)c1.Cl. The molecule has 2 amide bonds. The molecule has 2 aromatic rings. The molecule has 1 heterocycles. The minimum absolute atomic E-state index is 0. The Balaban J connectivity index is 0.00000225. The molecule has 0 saturated heterocycles. The van der Waals surface area contributed by atoms with Crippen LogP contribution in [-0.2, 0) is 11.2 Å².